The number of rotatable bonds is 4. The Balaban J connectivity index is 1.54. The van der Waals surface area contributed by atoms with Gasteiger partial charge < -0.3 is 4.90 Å². The van der Waals surface area contributed by atoms with Crippen LogP contribution >= 0.6 is 34.4 Å². The minimum absolute atomic E-state index is 0.454. The molecule has 3 aromatic rings. The van der Waals surface area contributed by atoms with E-state index in [-0.39, 0.29) is 0 Å². The average Bonchev–Trinajstić information content (AvgIpc) is 3.14. The lowest BCUT2D eigenvalue weighted by Crippen LogP contribution is -2.42. The number of benzene rings is 1. The highest BCUT2D eigenvalue weighted by molar-refractivity contribution is 14.1. The van der Waals surface area contributed by atoms with Crippen molar-refractivity contribution in [3.8, 4) is 6.07 Å². The van der Waals surface area contributed by atoms with Crippen LogP contribution in [0.15, 0.2) is 47.1 Å². The molecule has 0 unspecified atom stereocenters. The molecule has 0 atom stereocenters. The predicted molar refractivity (Wildman–Crippen MR) is 121 cm³/mol. The van der Waals surface area contributed by atoms with Crippen molar-refractivity contribution in [2.75, 3.05) is 31.1 Å². The minimum Gasteiger partial charge on any atom is -0.369 e. The molecule has 3 heterocycles. The van der Waals surface area contributed by atoms with Gasteiger partial charge in [-0.3, -0.25) is 0 Å². The van der Waals surface area contributed by atoms with Gasteiger partial charge in [0.15, 0.2) is 10.6 Å². The Morgan fingerprint density at radius 1 is 1.18 bits per heavy atom. The number of aromatic nitrogens is 2. The van der Waals surface area contributed by atoms with Gasteiger partial charge in [0.05, 0.1) is 22.3 Å². The first-order valence-electron chi connectivity index (χ1n) is 8.68. The standard InChI is InChI=1S/C19H16IN7S/c1-2-17-13(12-21)11-16-18(22-17)25-28-19(16)24-23-14-3-5-15(6-4-14)26-7-9-27(20)10-8-26/h2-6,11H,1,7-10H2. The van der Waals surface area contributed by atoms with Crippen LogP contribution in [-0.2, 0) is 0 Å². The van der Waals surface area contributed by atoms with Crippen molar-refractivity contribution < 1.29 is 0 Å². The number of halogens is 1. The Morgan fingerprint density at radius 3 is 2.61 bits per heavy atom. The van der Waals surface area contributed by atoms with Gasteiger partial charge in [-0.1, -0.05) is 6.58 Å². The van der Waals surface area contributed by atoms with Crippen molar-refractivity contribution in [2.24, 2.45) is 10.2 Å². The molecule has 0 saturated carbocycles. The Morgan fingerprint density at radius 2 is 1.93 bits per heavy atom. The second-order valence-electron chi connectivity index (χ2n) is 6.21. The third-order valence-electron chi connectivity index (χ3n) is 4.49. The second-order valence-corrected chi connectivity index (χ2v) is 8.33. The van der Waals surface area contributed by atoms with E-state index in [1.165, 1.54) is 17.2 Å². The number of piperazine rings is 1. The third kappa shape index (κ3) is 3.89. The first-order valence-corrected chi connectivity index (χ1v) is 10.4. The molecular weight excluding hydrogens is 485 g/mol. The first kappa shape index (κ1) is 18.9. The molecule has 0 spiro atoms. The largest absolute Gasteiger partial charge is 0.369 e. The number of nitrogens with zero attached hydrogens (tertiary/aromatic N) is 7. The van der Waals surface area contributed by atoms with E-state index in [2.05, 4.69) is 75.2 Å². The van der Waals surface area contributed by atoms with Gasteiger partial charge in [0.1, 0.15) is 6.07 Å². The van der Waals surface area contributed by atoms with E-state index in [9.17, 15) is 5.26 Å². The van der Waals surface area contributed by atoms with Gasteiger partial charge in [-0.25, -0.2) is 8.10 Å². The van der Waals surface area contributed by atoms with Gasteiger partial charge in [0.25, 0.3) is 0 Å². The van der Waals surface area contributed by atoms with Crippen LogP contribution in [0.2, 0.25) is 0 Å². The van der Waals surface area contributed by atoms with E-state index < -0.39 is 0 Å². The molecule has 0 aliphatic carbocycles. The molecule has 9 heteroatoms. The van der Waals surface area contributed by atoms with Gasteiger partial charge in [0.2, 0.25) is 0 Å². The lowest BCUT2D eigenvalue weighted by atomic mass is 10.2. The molecule has 28 heavy (non-hydrogen) atoms. The quantitative estimate of drug-likeness (QED) is 0.283. The molecule has 2 aromatic heterocycles. The van der Waals surface area contributed by atoms with Crippen LogP contribution < -0.4 is 4.90 Å². The SMILES string of the molecule is C=Cc1nc2nsc(N=Nc3ccc(N4CCN(I)CC4)cc3)c2cc1C#N. The Hall–Kier alpha value is -2.42. The molecule has 7 nitrogen and oxygen atoms in total. The summed E-state index contributed by atoms with van der Waals surface area (Å²) in [5.41, 5.74) is 3.51. The zero-order valence-corrected chi connectivity index (χ0v) is 17.9. The highest BCUT2D eigenvalue weighted by Gasteiger charge is 2.15. The average molecular weight is 501 g/mol. The summed E-state index contributed by atoms with van der Waals surface area (Å²) >= 11 is 3.59. The maximum Gasteiger partial charge on any atom is 0.175 e. The molecule has 0 bridgehead atoms. The number of anilines is 1. The van der Waals surface area contributed by atoms with Crippen LogP contribution in [0.3, 0.4) is 0 Å². The zero-order chi connectivity index (χ0) is 19.5. The summed E-state index contributed by atoms with van der Waals surface area (Å²) in [6, 6.07) is 12.0. The van der Waals surface area contributed by atoms with Crippen LogP contribution in [0, 0.1) is 11.3 Å². The Labute approximate surface area is 180 Å². The molecule has 0 N–H and O–H groups in total. The maximum atomic E-state index is 9.28. The highest BCUT2D eigenvalue weighted by Crippen LogP contribution is 2.32. The van der Waals surface area contributed by atoms with Crippen LogP contribution in [0.4, 0.5) is 16.4 Å². The molecule has 0 radical (unpaired) electrons. The number of nitriles is 1. The van der Waals surface area contributed by atoms with Crippen molar-refractivity contribution in [1.29, 1.82) is 5.26 Å². The smallest absolute Gasteiger partial charge is 0.175 e. The summed E-state index contributed by atoms with van der Waals surface area (Å²) in [4.78, 5) is 6.73. The van der Waals surface area contributed by atoms with Crippen molar-refractivity contribution in [3.63, 3.8) is 0 Å². The number of hydrogen-bond acceptors (Lipinski definition) is 8. The van der Waals surface area contributed by atoms with E-state index in [0.717, 1.165) is 37.3 Å². The molecule has 1 fully saturated rings. The van der Waals surface area contributed by atoms with Crippen molar-refractivity contribution >= 4 is 67.9 Å². The third-order valence-corrected chi connectivity index (χ3v) is 6.19. The Kier molecular flexibility index (Phi) is 5.61. The molecule has 1 aliphatic rings. The van der Waals surface area contributed by atoms with Crippen LogP contribution in [-0.4, -0.2) is 38.6 Å². The molecule has 1 aromatic carbocycles. The van der Waals surface area contributed by atoms with Crippen molar-refractivity contribution in [1.82, 2.24) is 12.5 Å². The zero-order valence-electron chi connectivity index (χ0n) is 14.9. The van der Waals surface area contributed by atoms with Gasteiger partial charge >= 0.3 is 0 Å². The van der Waals surface area contributed by atoms with Crippen molar-refractivity contribution in [2.45, 2.75) is 0 Å². The van der Waals surface area contributed by atoms with Gasteiger partial charge in [0, 0.05) is 54.7 Å². The normalized spacial score (nSPS) is 15.2. The van der Waals surface area contributed by atoms with Gasteiger partial charge in [-0.2, -0.15) is 9.64 Å². The number of azo groups is 1. The van der Waals surface area contributed by atoms with Gasteiger partial charge in [-0.05, 0) is 47.9 Å². The molecule has 1 saturated heterocycles. The van der Waals surface area contributed by atoms with Crippen LogP contribution in [0.25, 0.3) is 17.1 Å². The minimum atomic E-state index is 0.454. The van der Waals surface area contributed by atoms with E-state index >= 15 is 0 Å². The number of fused-ring (bicyclic) bond motifs is 1. The fourth-order valence-corrected chi connectivity index (χ4v) is 4.04. The summed E-state index contributed by atoms with van der Waals surface area (Å²) < 4.78 is 6.61. The molecular formula is C19H16IN7S. The van der Waals surface area contributed by atoms with Crippen LogP contribution in [0.1, 0.15) is 11.3 Å². The highest BCUT2D eigenvalue weighted by atomic mass is 127. The van der Waals surface area contributed by atoms with Crippen LogP contribution in [0.5, 0.6) is 0 Å². The fraction of sp³-hybridized carbons (Fsp3) is 0.211. The fourth-order valence-electron chi connectivity index (χ4n) is 2.97. The second kappa shape index (κ2) is 8.30. The number of hydrogen-bond donors (Lipinski definition) is 0. The molecule has 1 aliphatic heterocycles. The molecule has 0 amide bonds. The number of pyridine rings is 1. The van der Waals surface area contributed by atoms with E-state index in [1.54, 1.807) is 12.1 Å². The molecule has 140 valence electrons. The predicted octanol–water partition coefficient (Wildman–Crippen LogP) is 5.09. The molecule has 4 rings (SSSR count). The van der Waals surface area contributed by atoms with E-state index in [1.807, 2.05) is 12.1 Å². The van der Waals surface area contributed by atoms with E-state index in [0.29, 0.717) is 21.9 Å². The monoisotopic (exact) mass is 501 g/mol. The lowest BCUT2D eigenvalue weighted by Gasteiger charge is -2.32. The summed E-state index contributed by atoms with van der Waals surface area (Å²) in [5, 5.41) is 19.3. The summed E-state index contributed by atoms with van der Waals surface area (Å²) in [5.74, 6) is 0. The maximum absolute atomic E-state index is 9.28. The Bertz CT molecular complexity index is 1080. The summed E-state index contributed by atoms with van der Waals surface area (Å²) in [6.45, 7) is 7.86. The van der Waals surface area contributed by atoms with E-state index in [4.69, 9.17) is 0 Å². The summed E-state index contributed by atoms with van der Waals surface area (Å²) in [6.07, 6.45) is 1.56. The van der Waals surface area contributed by atoms with Crippen molar-refractivity contribution in [3.05, 3.63) is 48.2 Å². The first-order chi connectivity index (χ1) is 13.7. The summed E-state index contributed by atoms with van der Waals surface area (Å²) in [7, 11) is 0. The van der Waals surface area contributed by atoms with Gasteiger partial charge in [-0.15, -0.1) is 10.2 Å². The lowest BCUT2D eigenvalue weighted by molar-refractivity contribution is 0.460. The topological polar surface area (TPSA) is 80.8 Å².